The summed E-state index contributed by atoms with van der Waals surface area (Å²) in [7, 11) is 0. The van der Waals surface area contributed by atoms with E-state index < -0.39 is 0 Å². The fraction of sp³-hybridized carbons (Fsp3) is 0.875. The first kappa shape index (κ1) is 11.4. The molecule has 0 aromatic rings. The number of hydrogen-bond donors (Lipinski definition) is 2. The van der Waals surface area contributed by atoms with Gasteiger partial charge in [-0.3, -0.25) is 4.79 Å². The van der Waals surface area contributed by atoms with Crippen molar-refractivity contribution in [3.8, 4) is 0 Å². The summed E-state index contributed by atoms with van der Waals surface area (Å²) >= 11 is 0. The molecule has 4 heteroatoms. The van der Waals surface area contributed by atoms with Crippen LogP contribution in [0.1, 0.15) is 13.3 Å². The molecule has 0 unspecified atom stereocenters. The Hall–Kier alpha value is -0.610. The largest absolute Gasteiger partial charge is 0.380 e. The number of ether oxygens (including phenoxy) is 1. The van der Waals surface area contributed by atoms with Gasteiger partial charge in [0, 0.05) is 19.7 Å². The minimum atomic E-state index is 0.722. The average Bonchev–Trinajstić information content (AvgIpc) is 2.10. The average molecular weight is 174 g/mol. The van der Waals surface area contributed by atoms with Gasteiger partial charge in [0.2, 0.25) is 6.41 Å². The lowest BCUT2D eigenvalue weighted by molar-refractivity contribution is -0.109. The van der Waals surface area contributed by atoms with Crippen LogP contribution in [0.25, 0.3) is 0 Å². The lowest BCUT2D eigenvalue weighted by Gasteiger charge is -2.03. The molecule has 0 atom stereocenters. The maximum absolute atomic E-state index is 9.83. The maximum Gasteiger partial charge on any atom is 0.207 e. The summed E-state index contributed by atoms with van der Waals surface area (Å²) < 4.78 is 5.13. The lowest BCUT2D eigenvalue weighted by atomic mass is 10.4. The van der Waals surface area contributed by atoms with Crippen LogP contribution in [0.2, 0.25) is 0 Å². The molecule has 0 saturated heterocycles. The SMILES string of the molecule is CCOCCNCCCNC=O. The Morgan fingerprint density at radius 2 is 2.17 bits per heavy atom. The van der Waals surface area contributed by atoms with Gasteiger partial charge >= 0.3 is 0 Å². The van der Waals surface area contributed by atoms with Gasteiger partial charge in [0.05, 0.1) is 6.61 Å². The van der Waals surface area contributed by atoms with Gasteiger partial charge in [-0.1, -0.05) is 0 Å². The monoisotopic (exact) mass is 174 g/mol. The molecule has 0 aromatic heterocycles. The molecule has 0 aliphatic rings. The van der Waals surface area contributed by atoms with Crippen LogP contribution in [0.15, 0.2) is 0 Å². The fourth-order valence-corrected chi connectivity index (χ4v) is 0.788. The van der Waals surface area contributed by atoms with Gasteiger partial charge < -0.3 is 15.4 Å². The molecule has 0 fully saturated rings. The van der Waals surface area contributed by atoms with Crippen LogP contribution in [0.3, 0.4) is 0 Å². The predicted molar refractivity (Wildman–Crippen MR) is 48.0 cm³/mol. The third-order valence-corrected chi connectivity index (χ3v) is 1.39. The zero-order valence-corrected chi connectivity index (χ0v) is 7.64. The Balaban J connectivity index is 2.77. The summed E-state index contributed by atoms with van der Waals surface area (Å²) in [4.78, 5) is 9.83. The second-order valence-corrected chi connectivity index (χ2v) is 2.37. The van der Waals surface area contributed by atoms with Gasteiger partial charge in [-0.05, 0) is 19.9 Å². The van der Waals surface area contributed by atoms with Crippen molar-refractivity contribution in [1.82, 2.24) is 10.6 Å². The van der Waals surface area contributed by atoms with Crippen LogP contribution in [0.4, 0.5) is 0 Å². The van der Waals surface area contributed by atoms with Crippen LogP contribution in [0.5, 0.6) is 0 Å². The minimum Gasteiger partial charge on any atom is -0.380 e. The Morgan fingerprint density at radius 1 is 1.33 bits per heavy atom. The summed E-state index contributed by atoms with van der Waals surface area (Å²) in [5.74, 6) is 0. The van der Waals surface area contributed by atoms with Crippen molar-refractivity contribution in [2.24, 2.45) is 0 Å². The maximum atomic E-state index is 9.83. The molecular formula is C8H18N2O2. The van der Waals surface area contributed by atoms with Gasteiger partial charge in [-0.15, -0.1) is 0 Å². The molecule has 12 heavy (non-hydrogen) atoms. The molecule has 0 heterocycles. The molecule has 2 N–H and O–H groups in total. The van der Waals surface area contributed by atoms with Crippen molar-refractivity contribution in [1.29, 1.82) is 0 Å². The van der Waals surface area contributed by atoms with Crippen LogP contribution in [-0.4, -0.2) is 39.3 Å². The molecule has 0 radical (unpaired) electrons. The highest BCUT2D eigenvalue weighted by Gasteiger charge is 1.87. The van der Waals surface area contributed by atoms with E-state index >= 15 is 0 Å². The summed E-state index contributed by atoms with van der Waals surface area (Å²) in [6.45, 7) is 6.06. The van der Waals surface area contributed by atoms with Crippen molar-refractivity contribution in [3.05, 3.63) is 0 Å². The van der Waals surface area contributed by atoms with E-state index in [2.05, 4.69) is 10.6 Å². The highest BCUT2D eigenvalue weighted by Crippen LogP contribution is 1.73. The van der Waals surface area contributed by atoms with Gasteiger partial charge in [-0.2, -0.15) is 0 Å². The molecule has 0 aliphatic carbocycles. The highest BCUT2D eigenvalue weighted by atomic mass is 16.5. The number of carbonyl (C=O) groups is 1. The van der Waals surface area contributed by atoms with Gasteiger partial charge in [0.25, 0.3) is 0 Å². The first-order chi connectivity index (χ1) is 5.91. The molecule has 0 rings (SSSR count). The van der Waals surface area contributed by atoms with Crippen molar-refractivity contribution >= 4 is 6.41 Å². The smallest absolute Gasteiger partial charge is 0.207 e. The van der Waals surface area contributed by atoms with Crippen molar-refractivity contribution in [2.75, 3.05) is 32.8 Å². The molecule has 0 aromatic carbocycles. The van der Waals surface area contributed by atoms with Crippen LogP contribution < -0.4 is 10.6 Å². The Labute approximate surface area is 73.7 Å². The topological polar surface area (TPSA) is 50.4 Å². The quantitative estimate of drug-likeness (QED) is 0.374. The zero-order valence-electron chi connectivity index (χ0n) is 7.64. The van der Waals surface area contributed by atoms with Crippen LogP contribution in [0, 0.1) is 0 Å². The molecule has 0 spiro atoms. The van der Waals surface area contributed by atoms with E-state index in [0.29, 0.717) is 0 Å². The molecule has 0 aliphatic heterocycles. The number of nitrogens with one attached hydrogen (secondary N) is 2. The Kier molecular flexibility index (Phi) is 9.86. The van der Waals surface area contributed by atoms with Gasteiger partial charge in [0.1, 0.15) is 0 Å². The first-order valence-corrected chi connectivity index (χ1v) is 4.37. The predicted octanol–water partition coefficient (Wildman–Crippen LogP) is -0.251. The summed E-state index contributed by atoms with van der Waals surface area (Å²) in [5, 5.41) is 5.80. The molecule has 4 nitrogen and oxygen atoms in total. The van der Waals surface area contributed by atoms with E-state index in [4.69, 9.17) is 4.74 Å². The van der Waals surface area contributed by atoms with E-state index in [9.17, 15) is 4.79 Å². The van der Waals surface area contributed by atoms with Gasteiger partial charge in [-0.25, -0.2) is 0 Å². The number of rotatable bonds is 9. The second kappa shape index (κ2) is 10.4. The molecular weight excluding hydrogens is 156 g/mol. The van der Waals surface area contributed by atoms with Crippen LogP contribution >= 0.6 is 0 Å². The summed E-state index contributed by atoms with van der Waals surface area (Å²) in [6.07, 6.45) is 1.69. The first-order valence-electron chi connectivity index (χ1n) is 4.37. The third kappa shape index (κ3) is 9.39. The van der Waals surface area contributed by atoms with Gasteiger partial charge in [0.15, 0.2) is 0 Å². The second-order valence-electron chi connectivity index (χ2n) is 2.37. The highest BCUT2D eigenvalue weighted by molar-refractivity contribution is 5.45. The zero-order chi connectivity index (χ0) is 9.07. The van der Waals surface area contributed by atoms with E-state index in [0.717, 1.165) is 45.7 Å². The van der Waals surface area contributed by atoms with E-state index in [1.54, 1.807) is 0 Å². The Morgan fingerprint density at radius 3 is 2.83 bits per heavy atom. The Bertz CT molecular complexity index is 99.1. The molecule has 0 saturated carbocycles. The lowest BCUT2D eigenvalue weighted by Crippen LogP contribution is -2.24. The molecule has 1 amide bonds. The van der Waals surface area contributed by atoms with Crippen molar-refractivity contribution in [3.63, 3.8) is 0 Å². The number of amides is 1. The van der Waals surface area contributed by atoms with E-state index in [-0.39, 0.29) is 0 Å². The third-order valence-electron chi connectivity index (χ3n) is 1.39. The van der Waals surface area contributed by atoms with E-state index in [1.165, 1.54) is 0 Å². The molecule has 0 bridgehead atoms. The molecule has 72 valence electrons. The number of carbonyl (C=O) groups excluding carboxylic acids is 1. The normalized spacial score (nSPS) is 9.75. The summed E-state index contributed by atoms with van der Waals surface area (Å²) in [5.41, 5.74) is 0. The number of hydrogen-bond acceptors (Lipinski definition) is 3. The standard InChI is InChI=1S/C8H18N2O2/c1-2-12-7-6-9-4-3-5-10-8-11/h8-9H,2-7H2,1H3,(H,10,11). The van der Waals surface area contributed by atoms with E-state index in [1.807, 2.05) is 6.92 Å². The fourth-order valence-electron chi connectivity index (χ4n) is 0.788. The van der Waals surface area contributed by atoms with Crippen LogP contribution in [-0.2, 0) is 9.53 Å². The minimum absolute atomic E-state index is 0.722. The van der Waals surface area contributed by atoms with Crippen molar-refractivity contribution < 1.29 is 9.53 Å². The summed E-state index contributed by atoms with van der Waals surface area (Å²) in [6, 6.07) is 0. The van der Waals surface area contributed by atoms with Crippen molar-refractivity contribution in [2.45, 2.75) is 13.3 Å².